The highest BCUT2D eigenvalue weighted by atomic mass is 19.1. The number of carbonyl (C=O) groups is 1. The Balaban J connectivity index is 1.96. The molecule has 158 valence electrons. The fourth-order valence-corrected chi connectivity index (χ4v) is 3.55. The second kappa shape index (κ2) is 8.20. The molecule has 1 aliphatic rings. The molecule has 0 aliphatic carbocycles. The molecule has 1 aromatic heterocycles. The van der Waals surface area contributed by atoms with Gasteiger partial charge in [0.15, 0.2) is 0 Å². The molecular weight excluding hydrogens is 378 g/mol. The molecule has 1 unspecified atom stereocenters. The summed E-state index contributed by atoms with van der Waals surface area (Å²) in [5.74, 6) is -1.26. The van der Waals surface area contributed by atoms with Gasteiger partial charge in [-0.15, -0.1) is 0 Å². The Morgan fingerprint density at radius 2 is 2.07 bits per heavy atom. The Labute approximate surface area is 169 Å². The molecule has 29 heavy (non-hydrogen) atoms. The normalized spacial score (nSPS) is 15.8. The van der Waals surface area contributed by atoms with Crippen LogP contribution in [0.15, 0.2) is 18.2 Å². The number of halogens is 2. The van der Waals surface area contributed by atoms with Crippen LogP contribution in [0.25, 0.3) is 11.3 Å². The second-order valence-electron chi connectivity index (χ2n) is 8.73. The zero-order valence-electron chi connectivity index (χ0n) is 17.3. The fraction of sp³-hybridized carbons (Fsp3) is 0.524. The summed E-state index contributed by atoms with van der Waals surface area (Å²) in [6, 6.07) is 2.80. The minimum atomic E-state index is -0.583. The maximum atomic E-state index is 14.4. The van der Waals surface area contributed by atoms with Crippen molar-refractivity contribution >= 4 is 6.03 Å². The first kappa shape index (κ1) is 21.4. The maximum Gasteiger partial charge on any atom is 0.342 e. The number of aromatic nitrogens is 2. The van der Waals surface area contributed by atoms with Crippen LogP contribution in [0.3, 0.4) is 0 Å². The Morgan fingerprint density at radius 3 is 2.72 bits per heavy atom. The van der Waals surface area contributed by atoms with E-state index in [0.717, 1.165) is 30.3 Å². The highest BCUT2D eigenvalue weighted by Gasteiger charge is 2.29. The van der Waals surface area contributed by atoms with Gasteiger partial charge < -0.3 is 15.3 Å². The minimum Gasteiger partial charge on any atom is -0.396 e. The number of fused-ring (bicyclic) bond motifs is 1. The number of benzene rings is 1. The maximum absolute atomic E-state index is 14.4. The highest BCUT2D eigenvalue weighted by Crippen LogP contribution is 2.32. The third-order valence-electron chi connectivity index (χ3n) is 5.57. The smallest absolute Gasteiger partial charge is 0.342 e. The number of hydrogen-bond donors (Lipinski definition) is 2. The number of hydrogen-bond acceptors (Lipinski definition) is 4. The van der Waals surface area contributed by atoms with Crippen molar-refractivity contribution < 1.29 is 18.7 Å². The molecule has 6 nitrogen and oxygen atoms in total. The van der Waals surface area contributed by atoms with Gasteiger partial charge in [-0.3, -0.25) is 0 Å². The van der Waals surface area contributed by atoms with Crippen molar-refractivity contribution in [2.24, 2.45) is 11.3 Å². The predicted molar refractivity (Wildman–Crippen MR) is 106 cm³/mol. The summed E-state index contributed by atoms with van der Waals surface area (Å²) in [7, 11) is 1.93. The quantitative estimate of drug-likeness (QED) is 0.819. The minimum absolute atomic E-state index is 0.0472. The lowest BCUT2D eigenvalue weighted by Crippen LogP contribution is -2.40. The lowest BCUT2D eigenvalue weighted by atomic mass is 9.81. The third kappa shape index (κ3) is 4.48. The topological polar surface area (TPSA) is 70.4 Å². The molecular formula is C21H28F2N4O2. The highest BCUT2D eigenvalue weighted by molar-refractivity contribution is 5.79. The molecule has 0 radical (unpaired) electrons. The number of amides is 1. The van der Waals surface area contributed by atoms with E-state index in [0.29, 0.717) is 18.7 Å². The van der Waals surface area contributed by atoms with Gasteiger partial charge in [0, 0.05) is 49.7 Å². The Hall–Kier alpha value is -2.32. The number of nitrogens with one attached hydrogen (secondary N) is 1. The van der Waals surface area contributed by atoms with E-state index >= 15 is 0 Å². The Kier molecular flexibility index (Phi) is 6.05. The van der Waals surface area contributed by atoms with Crippen LogP contribution in [0.1, 0.15) is 32.0 Å². The number of rotatable bonds is 4. The van der Waals surface area contributed by atoms with Gasteiger partial charge in [0.1, 0.15) is 17.3 Å². The molecule has 1 aliphatic heterocycles. The van der Waals surface area contributed by atoms with E-state index in [2.05, 4.69) is 10.4 Å². The van der Waals surface area contributed by atoms with Crippen molar-refractivity contribution in [2.75, 3.05) is 26.7 Å². The molecule has 0 saturated heterocycles. The summed E-state index contributed by atoms with van der Waals surface area (Å²) in [5.41, 5.74) is 1.59. The molecule has 2 aromatic rings. The van der Waals surface area contributed by atoms with Gasteiger partial charge in [0.2, 0.25) is 0 Å². The van der Waals surface area contributed by atoms with E-state index in [9.17, 15) is 18.7 Å². The Morgan fingerprint density at radius 1 is 1.34 bits per heavy atom. The van der Waals surface area contributed by atoms with Gasteiger partial charge in [-0.2, -0.15) is 9.78 Å². The van der Waals surface area contributed by atoms with Crippen LogP contribution in [0, 0.1) is 23.0 Å². The predicted octanol–water partition coefficient (Wildman–Crippen LogP) is 3.03. The van der Waals surface area contributed by atoms with Crippen LogP contribution in [0.5, 0.6) is 0 Å². The first-order chi connectivity index (χ1) is 13.6. The lowest BCUT2D eigenvalue weighted by molar-refractivity contribution is 0.130. The van der Waals surface area contributed by atoms with Crippen molar-refractivity contribution in [3.8, 4) is 11.3 Å². The summed E-state index contributed by atoms with van der Waals surface area (Å²) in [4.78, 5) is 14.9. The van der Waals surface area contributed by atoms with Crippen LogP contribution in [0.2, 0.25) is 0 Å². The molecule has 3 rings (SSSR count). The zero-order chi connectivity index (χ0) is 21.3. The summed E-state index contributed by atoms with van der Waals surface area (Å²) in [5, 5.41) is 16.8. The average Bonchev–Trinajstić information content (AvgIpc) is 3.01. The van der Waals surface area contributed by atoms with Gasteiger partial charge in [-0.05, 0) is 30.7 Å². The van der Waals surface area contributed by atoms with Crippen molar-refractivity contribution in [1.29, 1.82) is 0 Å². The largest absolute Gasteiger partial charge is 0.396 e. The van der Waals surface area contributed by atoms with Gasteiger partial charge >= 0.3 is 6.03 Å². The first-order valence-corrected chi connectivity index (χ1v) is 9.75. The molecule has 0 fully saturated rings. The summed E-state index contributed by atoms with van der Waals surface area (Å²) >= 11 is 0. The monoisotopic (exact) mass is 406 g/mol. The third-order valence-corrected chi connectivity index (χ3v) is 5.57. The SMILES string of the molecule is CN1CCc2c(c(-c3cc(F)ccc3F)nn2C(=O)NCC(CO)C(C)(C)C)C1. The summed E-state index contributed by atoms with van der Waals surface area (Å²) in [6.07, 6.45) is 0.575. The summed E-state index contributed by atoms with van der Waals surface area (Å²) < 4.78 is 29.4. The van der Waals surface area contributed by atoms with E-state index in [1.807, 2.05) is 32.7 Å². The van der Waals surface area contributed by atoms with Crippen LogP contribution >= 0.6 is 0 Å². The molecule has 1 aromatic carbocycles. The van der Waals surface area contributed by atoms with Crippen molar-refractivity contribution in [2.45, 2.75) is 33.7 Å². The van der Waals surface area contributed by atoms with Crippen LogP contribution < -0.4 is 5.32 Å². The number of carbonyl (C=O) groups excluding carboxylic acids is 1. The van der Waals surface area contributed by atoms with E-state index in [1.165, 1.54) is 4.68 Å². The second-order valence-corrected chi connectivity index (χ2v) is 8.73. The number of aliphatic hydroxyl groups excluding tert-OH is 1. The molecule has 0 saturated carbocycles. The van der Waals surface area contributed by atoms with Crippen molar-refractivity contribution in [3.63, 3.8) is 0 Å². The van der Waals surface area contributed by atoms with E-state index < -0.39 is 17.7 Å². The van der Waals surface area contributed by atoms with Gasteiger partial charge in [0.25, 0.3) is 0 Å². The van der Waals surface area contributed by atoms with Crippen LogP contribution in [0.4, 0.5) is 13.6 Å². The first-order valence-electron chi connectivity index (χ1n) is 9.75. The van der Waals surface area contributed by atoms with E-state index in [1.54, 1.807) is 0 Å². The molecule has 1 amide bonds. The molecule has 8 heteroatoms. The summed E-state index contributed by atoms with van der Waals surface area (Å²) in [6.45, 7) is 7.46. The average molecular weight is 406 g/mol. The molecule has 0 spiro atoms. The molecule has 1 atom stereocenters. The lowest BCUT2D eigenvalue weighted by Gasteiger charge is -2.29. The molecule has 0 bridgehead atoms. The Bertz CT molecular complexity index is 905. The van der Waals surface area contributed by atoms with Gasteiger partial charge in [0.05, 0.1) is 5.69 Å². The van der Waals surface area contributed by atoms with Crippen LogP contribution in [-0.4, -0.2) is 52.6 Å². The standard InChI is InChI=1S/C21H28F2N4O2/c1-21(2,3)13(12-28)10-24-20(29)27-18-7-8-26(4)11-16(18)19(25-27)15-9-14(22)5-6-17(15)23/h5-6,9,13,28H,7-8,10-12H2,1-4H3,(H,24,29). The molecule has 2 heterocycles. The van der Waals surface area contributed by atoms with Crippen LogP contribution in [-0.2, 0) is 13.0 Å². The van der Waals surface area contributed by atoms with Crippen molar-refractivity contribution in [3.05, 3.63) is 41.1 Å². The number of aliphatic hydroxyl groups is 1. The van der Waals surface area contributed by atoms with E-state index in [4.69, 9.17) is 0 Å². The zero-order valence-corrected chi connectivity index (χ0v) is 17.3. The van der Waals surface area contributed by atoms with Gasteiger partial charge in [-0.25, -0.2) is 13.6 Å². The number of likely N-dealkylation sites (N-methyl/N-ethyl adjacent to an activating group) is 1. The fourth-order valence-electron chi connectivity index (χ4n) is 3.55. The van der Waals surface area contributed by atoms with Crippen molar-refractivity contribution in [1.82, 2.24) is 20.0 Å². The molecule has 2 N–H and O–H groups in total. The van der Waals surface area contributed by atoms with Gasteiger partial charge in [-0.1, -0.05) is 20.8 Å². The van der Waals surface area contributed by atoms with E-state index in [-0.39, 0.29) is 35.7 Å². The number of nitrogens with zero attached hydrogens (tertiary/aromatic N) is 3.